The van der Waals surface area contributed by atoms with Gasteiger partial charge in [-0.2, -0.15) is 13.2 Å². The minimum Gasteiger partial charge on any atom is -0.465 e. The summed E-state index contributed by atoms with van der Waals surface area (Å²) in [4.78, 5) is 68.4. The van der Waals surface area contributed by atoms with E-state index in [1.807, 2.05) is 6.92 Å². The fourth-order valence-electron chi connectivity index (χ4n) is 5.52. The minimum atomic E-state index is -4.53. The fourth-order valence-corrected chi connectivity index (χ4v) is 5.52. The highest BCUT2D eigenvalue weighted by Crippen LogP contribution is 2.33. The van der Waals surface area contributed by atoms with Crippen LogP contribution in [-0.2, 0) is 35.4 Å². The number of hydrogen-bond acceptors (Lipinski definition) is 9. The Kier molecular flexibility index (Phi) is 13.6. The van der Waals surface area contributed by atoms with E-state index in [4.69, 9.17) is 18.9 Å². The Bertz CT molecular complexity index is 1950. The van der Waals surface area contributed by atoms with Crippen LogP contribution in [0, 0.1) is 0 Å². The molecule has 4 aromatic rings. The standard InChI is InChI=1S/C40H39F3N2O9/c1-5-23-45(4)35(47)32-24-29(54-38(50)53-25-39(36(48)51-6-2,37(49)52-7-3)27-13-9-8-10-14-27)21-22-33(32)44-34(46)31-16-12-11-15-30(31)26-17-19-28(20-18-26)40(41,42)43/h8-22,24H,5-7,23,25H2,1-4H3,(H,44,46). The lowest BCUT2D eigenvalue weighted by molar-refractivity contribution is -0.167. The number of nitrogens with zero attached hydrogens (tertiary/aromatic N) is 1. The van der Waals surface area contributed by atoms with Crippen LogP contribution < -0.4 is 10.1 Å². The van der Waals surface area contributed by atoms with Crippen molar-refractivity contribution in [2.75, 3.05) is 38.7 Å². The van der Waals surface area contributed by atoms with Gasteiger partial charge in [0.05, 0.1) is 30.0 Å². The van der Waals surface area contributed by atoms with E-state index in [0.29, 0.717) is 24.1 Å². The van der Waals surface area contributed by atoms with Crippen molar-refractivity contribution in [3.05, 3.63) is 119 Å². The Balaban J connectivity index is 1.63. The first-order valence-electron chi connectivity index (χ1n) is 17.0. The molecule has 0 aliphatic heterocycles. The first-order chi connectivity index (χ1) is 25.8. The summed E-state index contributed by atoms with van der Waals surface area (Å²) < 4.78 is 60.6. The summed E-state index contributed by atoms with van der Waals surface area (Å²) in [6.45, 7) is 4.31. The molecule has 0 saturated carbocycles. The number of alkyl halides is 3. The predicted molar refractivity (Wildman–Crippen MR) is 192 cm³/mol. The van der Waals surface area contributed by atoms with Crippen molar-refractivity contribution in [1.29, 1.82) is 0 Å². The number of benzene rings is 4. The molecule has 0 atom stereocenters. The minimum absolute atomic E-state index is 0.0450. The fraction of sp³-hybridized carbons (Fsp3) is 0.275. The van der Waals surface area contributed by atoms with Gasteiger partial charge in [-0.05, 0) is 73.4 Å². The van der Waals surface area contributed by atoms with E-state index in [1.54, 1.807) is 57.3 Å². The molecule has 4 rings (SSSR count). The van der Waals surface area contributed by atoms with Crippen LogP contribution in [0.3, 0.4) is 0 Å². The Hall–Kier alpha value is -6.18. The third-order valence-corrected chi connectivity index (χ3v) is 8.19. The maximum atomic E-state index is 13.7. The Morgan fingerprint density at radius 1 is 0.704 bits per heavy atom. The third-order valence-electron chi connectivity index (χ3n) is 8.19. The monoisotopic (exact) mass is 748 g/mol. The van der Waals surface area contributed by atoms with Gasteiger partial charge in [0.15, 0.2) is 0 Å². The highest BCUT2D eigenvalue weighted by atomic mass is 19.4. The first-order valence-corrected chi connectivity index (χ1v) is 17.0. The van der Waals surface area contributed by atoms with Gasteiger partial charge in [-0.25, -0.2) is 4.79 Å². The van der Waals surface area contributed by atoms with E-state index in [9.17, 15) is 37.1 Å². The van der Waals surface area contributed by atoms with Crippen LogP contribution >= 0.6 is 0 Å². The summed E-state index contributed by atoms with van der Waals surface area (Å²) in [6, 6.07) is 22.3. The summed E-state index contributed by atoms with van der Waals surface area (Å²) in [5.41, 5.74) is -2.06. The number of amides is 2. The highest BCUT2D eigenvalue weighted by Gasteiger charge is 2.52. The molecular formula is C40H39F3N2O9. The number of nitrogens with one attached hydrogen (secondary N) is 1. The van der Waals surface area contributed by atoms with Gasteiger partial charge in [0.1, 0.15) is 12.4 Å². The zero-order valence-corrected chi connectivity index (χ0v) is 30.0. The van der Waals surface area contributed by atoms with Gasteiger partial charge in [-0.15, -0.1) is 0 Å². The van der Waals surface area contributed by atoms with Crippen molar-refractivity contribution in [2.24, 2.45) is 0 Å². The lowest BCUT2D eigenvalue weighted by atomic mass is 9.81. The molecule has 11 nitrogen and oxygen atoms in total. The Morgan fingerprint density at radius 3 is 1.91 bits per heavy atom. The molecule has 0 saturated heterocycles. The van der Waals surface area contributed by atoms with Gasteiger partial charge in [-0.3, -0.25) is 19.2 Å². The molecule has 2 amide bonds. The molecule has 0 aliphatic rings. The van der Waals surface area contributed by atoms with Gasteiger partial charge in [0, 0.05) is 19.2 Å². The molecule has 0 bridgehead atoms. The Morgan fingerprint density at radius 2 is 1.31 bits per heavy atom. The number of anilines is 1. The average molecular weight is 749 g/mol. The van der Waals surface area contributed by atoms with Crippen molar-refractivity contribution in [1.82, 2.24) is 4.90 Å². The van der Waals surface area contributed by atoms with E-state index < -0.39 is 53.7 Å². The van der Waals surface area contributed by atoms with Crippen molar-refractivity contribution in [2.45, 2.75) is 38.8 Å². The summed E-state index contributed by atoms with van der Waals surface area (Å²) in [6.07, 6.45) is -5.25. The zero-order valence-electron chi connectivity index (χ0n) is 30.0. The number of carbonyl (C=O) groups is 5. The van der Waals surface area contributed by atoms with Gasteiger partial charge in [0.2, 0.25) is 5.41 Å². The average Bonchev–Trinajstić information content (AvgIpc) is 3.16. The third kappa shape index (κ3) is 9.43. The maximum Gasteiger partial charge on any atom is 0.513 e. The number of ether oxygens (including phenoxy) is 4. The molecular weight excluding hydrogens is 709 g/mol. The number of rotatable bonds is 14. The van der Waals surface area contributed by atoms with Crippen LogP contribution in [0.1, 0.15) is 59.0 Å². The molecule has 54 heavy (non-hydrogen) atoms. The summed E-state index contributed by atoms with van der Waals surface area (Å²) in [5, 5.41) is 2.70. The topological polar surface area (TPSA) is 138 Å². The van der Waals surface area contributed by atoms with Crippen molar-refractivity contribution < 1.29 is 56.1 Å². The van der Waals surface area contributed by atoms with Crippen LogP contribution in [0.25, 0.3) is 11.1 Å². The molecule has 0 unspecified atom stereocenters. The van der Waals surface area contributed by atoms with Gasteiger partial charge in [-0.1, -0.05) is 67.6 Å². The number of hydrogen-bond donors (Lipinski definition) is 1. The predicted octanol–water partition coefficient (Wildman–Crippen LogP) is 7.69. The molecule has 0 radical (unpaired) electrons. The second-order valence-electron chi connectivity index (χ2n) is 11.9. The smallest absolute Gasteiger partial charge is 0.465 e. The quantitative estimate of drug-likeness (QED) is 0.0596. The molecule has 0 heterocycles. The highest BCUT2D eigenvalue weighted by molar-refractivity contribution is 6.12. The van der Waals surface area contributed by atoms with Crippen LogP contribution in [0.2, 0.25) is 0 Å². The van der Waals surface area contributed by atoms with E-state index in [-0.39, 0.29) is 41.3 Å². The lowest BCUT2D eigenvalue weighted by Crippen LogP contribution is -2.50. The van der Waals surface area contributed by atoms with E-state index >= 15 is 0 Å². The van der Waals surface area contributed by atoms with Crippen LogP contribution in [-0.4, -0.2) is 68.2 Å². The molecule has 0 aromatic heterocycles. The molecule has 14 heteroatoms. The van der Waals surface area contributed by atoms with Crippen molar-refractivity contribution >= 4 is 35.6 Å². The number of carbonyl (C=O) groups excluding carboxylic acids is 5. The second kappa shape index (κ2) is 18.0. The van der Waals surface area contributed by atoms with Crippen LogP contribution in [0.5, 0.6) is 5.75 Å². The first kappa shape index (κ1) is 40.6. The lowest BCUT2D eigenvalue weighted by Gasteiger charge is -2.28. The SMILES string of the molecule is CCCN(C)C(=O)c1cc(OC(=O)OCC(C(=O)OCC)(C(=O)OCC)c2ccccc2)ccc1NC(=O)c1ccccc1-c1ccc(C(F)(F)F)cc1. The zero-order chi connectivity index (χ0) is 39.5. The van der Waals surface area contributed by atoms with Crippen molar-refractivity contribution in [3.8, 4) is 16.9 Å². The summed E-state index contributed by atoms with van der Waals surface area (Å²) in [5.74, 6) is -3.38. The van der Waals surface area contributed by atoms with E-state index in [1.165, 1.54) is 53.4 Å². The van der Waals surface area contributed by atoms with E-state index in [2.05, 4.69) is 5.32 Å². The largest absolute Gasteiger partial charge is 0.513 e. The molecule has 0 aliphatic carbocycles. The second-order valence-corrected chi connectivity index (χ2v) is 11.9. The maximum absolute atomic E-state index is 13.7. The molecule has 284 valence electrons. The van der Waals surface area contributed by atoms with Crippen LogP contribution in [0.15, 0.2) is 97.1 Å². The van der Waals surface area contributed by atoms with Gasteiger partial charge < -0.3 is 29.2 Å². The molecule has 4 aromatic carbocycles. The normalized spacial score (nSPS) is 11.2. The van der Waals surface area contributed by atoms with Crippen LogP contribution in [0.4, 0.5) is 23.7 Å². The number of halogens is 3. The van der Waals surface area contributed by atoms with Gasteiger partial charge >= 0.3 is 24.3 Å². The molecule has 0 fully saturated rings. The summed E-state index contributed by atoms with van der Waals surface area (Å²) >= 11 is 0. The van der Waals surface area contributed by atoms with Crippen molar-refractivity contribution in [3.63, 3.8) is 0 Å². The number of esters is 2. The Labute approximate surface area is 310 Å². The molecule has 1 N–H and O–H groups in total. The van der Waals surface area contributed by atoms with Gasteiger partial charge in [0.25, 0.3) is 11.8 Å². The molecule has 0 spiro atoms. The van der Waals surface area contributed by atoms with E-state index in [0.717, 1.165) is 12.1 Å². The summed E-state index contributed by atoms with van der Waals surface area (Å²) in [7, 11) is 1.55.